The Labute approximate surface area is 112 Å². The minimum atomic E-state index is -1.11. The molecule has 1 aromatic rings. The number of methoxy groups -OCH3 is 3. The molecule has 1 aromatic carbocycles. The quantitative estimate of drug-likeness (QED) is 0.865. The second kappa shape index (κ2) is 6.29. The van der Waals surface area contributed by atoms with E-state index < -0.39 is 12.0 Å². The molecule has 6 heteroatoms. The van der Waals surface area contributed by atoms with Gasteiger partial charge in [0.05, 0.1) is 21.3 Å². The zero-order valence-corrected chi connectivity index (χ0v) is 11.8. The normalized spacial score (nSPS) is 11.7. The van der Waals surface area contributed by atoms with Gasteiger partial charge in [-0.3, -0.25) is 4.79 Å². The van der Waals surface area contributed by atoms with Crippen molar-refractivity contribution in [2.24, 2.45) is 0 Å². The van der Waals surface area contributed by atoms with Gasteiger partial charge < -0.3 is 24.2 Å². The lowest BCUT2D eigenvalue weighted by Crippen LogP contribution is -2.35. The molecule has 1 atom stereocenters. The molecule has 6 nitrogen and oxygen atoms in total. The zero-order valence-electron chi connectivity index (χ0n) is 11.8. The fourth-order valence-electron chi connectivity index (χ4n) is 1.71. The largest absolute Gasteiger partial charge is 0.496 e. The summed E-state index contributed by atoms with van der Waals surface area (Å²) in [5.74, 6) is 0.942. The second-order valence-corrected chi connectivity index (χ2v) is 3.95. The highest BCUT2D eigenvalue weighted by Crippen LogP contribution is 2.41. The third kappa shape index (κ3) is 3.08. The Morgan fingerprint density at radius 2 is 1.63 bits per heavy atom. The van der Waals surface area contributed by atoms with E-state index in [0.717, 1.165) is 0 Å². The number of amides is 1. The lowest BCUT2D eigenvalue weighted by Gasteiger charge is -2.24. The van der Waals surface area contributed by atoms with Crippen LogP contribution in [0.4, 0.5) is 5.69 Å². The number of carbonyl (C=O) groups excluding carboxylic acids is 1. The molecule has 0 heterocycles. The molecule has 0 saturated heterocycles. The molecular formula is C13H19NO5. The molecule has 0 aliphatic rings. The summed E-state index contributed by atoms with van der Waals surface area (Å²) in [6.45, 7) is 1.40. The molecule has 0 saturated carbocycles. The Morgan fingerprint density at radius 3 is 1.95 bits per heavy atom. The van der Waals surface area contributed by atoms with Crippen molar-refractivity contribution in [3.05, 3.63) is 12.1 Å². The molecule has 0 fully saturated rings. The number of rotatable bonds is 5. The van der Waals surface area contributed by atoms with Crippen molar-refractivity contribution in [3.8, 4) is 17.2 Å². The number of hydrogen-bond donors (Lipinski definition) is 1. The number of benzene rings is 1. The van der Waals surface area contributed by atoms with E-state index in [4.69, 9.17) is 14.2 Å². The molecule has 0 aromatic heterocycles. The molecule has 1 unspecified atom stereocenters. The van der Waals surface area contributed by atoms with E-state index in [9.17, 15) is 9.90 Å². The highest BCUT2D eigenvalue weighted by atomic mass is 16.5. The Hall–Kier alpha value is -1.95. The summed E-state index contributed by atoms with van der Waals surface area (Å²) in [7, 11) is 6.04. The van der Waals surface area contributed by atoms with Crippen LogP contribution in [-0.4, -0.2) is 45.5 Å². The van der Waals surface area contributed by atoms with Crippen LogP contribution in [0.25, 0.3) is 0 Å². The van der Waals surface area contributed by atoms with Crippen LogP contribution < -0.4 is 19.1 Å². The van der Waals surface area contributed by atoms with Gasteiger partial charge in [0.15, 0.2) is 0 Å². The van der Waals surface area contributed by atoms with Crippen LogP contribution in [0.1, 0.15) is 6.92 Å². The molecule has 0 spiro atoms. The molecule has 1 N–H and O–H groups in total. The smallest absolute Gasteiger partial charge is 0.255 e. The van der Waals surface area contributed by atoms with E-state index in [1.807, 2.05) is 0 Å². The van der Waals surface area contributed by atoms with Gasteiger partial charge in [0.25, 0.3) is 5.91 Å². The fourth-order valence-corrected chi connectivity index (χ4v) is 1.71. The van der Waals surface area contributed by atoms with Crippen LogP contribution in [0.3, 0.4) is 0 Å². The summed E-state index contributed by atoms with van der Waals surface area (Å²) in [5.41, 5.74) is 0.441. The third-order valence-electron chi connectivity index (χ3n) is 2.71. The van der Waals surface area contributed by atoms with Gasteiger partial charge in [0.2, 0.25) is 0 Å². The van der Waals surface area contributed by atoms with Crippen LogP contribution in [0.5, 0.6) is 17.2 Å². The predicted molar refractivity (Wildman–Crippen MR) is 71.2 cm³/mol. The first-order chi connectivity index (χ1) is 8.96. The van der Waals surface area contributed by atoms with Crippen molar-refractivity contribution in [3.63, 3.8) is 0 Å². The molecular weight excluding hydrogens is 250 g/mol. The highest BCUT2D eigenvalue weighted by molar-refractivity contribution is 5.98. The number of hydrogen-bond acceptors (Lipinski definition) is 5. The topological polar surface area (TPSA) is 68.2 Å². The van der Waals surface area contributed by atoms with Crippen LogP contribution in [0, 0.1) is 0 Å². The average molecular weight is 269 g/mol. The fraction of sp³-hybridized carbons (Fsp3) is 0.462. The van der Waals surface area contributed by atoms with Crippen LogP contribution >= 0.6 is 0 Å². The Balaban J connectivity index is 3.35. The number of likely N-dealkylation sites (N-methyl/N-ethyl adjacent to an activating group) is 1. The van der Waals surface area contributed by atoms with Crippen molar-refractivity contribution in [2.75, 3.05) is 33.3 Å². The molecule has 0 radical (unpaired) electrons. The summed E-state index contributed by atoms with van der Waals surface area (Å²) in [6, 6.07) is 3.29. The first-order valence-electron chi connectivity index (χ1n) is 5.71. The Bertz CT molecular complexity index is 433. The van der Waals surface area contributed by atoms with E-state index in [1.54, 1.807) is 19.2 Å². The number of anilines is 1. The second-order valence-electron chi connectivity index (χ2n) is 3.95. The molecule has 1 amide bonds. The first-order valence-corrected chi connectivity index (χ1v) is 5.71. The number of nitrogens with zero attached hydrogens (tertiary/aromatic N) is 1. The summed E-state index contributed by atoms with van der Waals surface area (Å²) in [4.78, 5) is 13.2. The summed E-state index contributed by atoms with van der Waals surface area (Å²) < 4.78 is 15.6. The maximum atomic E-state index is 11.9. The van der Waals surface area contributed by atoms with E-state index >= 15 is 0 Å². The van der Waals surface area contributed by atoms with Gasteiger partial charge in [-0.15, -0.1) is 0 Å². The summed E-state index contributed by atoms with van der Waals surface area (Å²) >= 11 is 0. The van der Waals surface area contributed by atoms with Gasteiger partial charge in [0, 0.05) is 19.2 Å². The van der Waals surface area contributed by atoms with Crippen LogP contribution in [0.2, 0.25) is 0 Å². The molecule has 106 valence electrons. The Morgan fingerprint density at radius 1 is 1.16 bits per heavy atom. The number of aliphatic hydroxyl groups excluding tert-OH is 1. The number of aliphatic hydroxyl groups is 1. The predicted octanol–water partition coefficient (Wildman–Crippen LogP) is 1.06. The zero-order chi connectivity index (χ0) is 14.6. The minimum Gasteiger partial charge on any atom is -0.496 e. The van der Waals surface area contributed by atoms with Gasteiger partial charge in [0.1, 0.15) is 29.0 Å². The van der Waals surface area contributed by atoms with E-state index in [1.165, 1.54) is 33.2 Å². The van der Waals surface area contributed by atoms with E-state index in [2.05, 4.69) is 0 Å². The van der Waals surface area contributed by atoms with Crippen LogP contribution in [-0.2, 0) is 4.79 Å². The lowest BCUT2D eigenvalue weighted by molar-refractivity contribution is -0.125. The highest BCUT2D eigenvalue weighted by Gasteiger charge is 2.24. The molecule has 0 bridgehead atoms. The first kappa shape index (κ1) is 15.1. The van der Waals surface area contributed by atoms with E-state index in [0.29, 0.717) is 22.9 Å². The standard InChI is InChI=1S/C13H19NO5/c1-8(15)13(16)14(2)12-10(18-4)6-9(17-3)7-11(12)19-5/h6-8,15H,1-5H3. The number of carbonyl (C=O) groups is 1. The van der Waals surface area contributed by atoms with Gasteiger partial charge in [-0.25, -0.2) is 0 Å². The summed E-state index contributed by atoms with van der Waals surface area (Å²) in [5, 5.41) is 9.38. The monoisotopic (exact) mass is 269 g/mol. The summed E-state index contributed by atoms with van der Waals surface area (Å²) in [6.07, 6.45) is -1.11. The third-order valence-corrected chi connectivity index (χ3v) is 2.71. The van der Waals surface area contributed by atoms with Crippen molar-refractivity contribution < 1.29 is 24.1 Å². The SMILES string of the molecule is COc1cc(OC)c(N(C)C(=O)C(C)O)c(OC)c1. The van der Waals surface area contributed by atoms with Crippen molar-refractivity contribution in [2.45, 2.75) is 13.0 Å². The maximum Gasteiger partial charge on any atom is 0.255 e. The van der Waals surface area contributed by atoms with Crippen molar-refractivity contribution in [1.29, 1.82) is 0 Å². The molecule has 19 heavy (non-hydrogen) atoms. The molecule has 0 aliphatic heterocycles. The molecule has 1 rings (SSSR count). The van der Waals surface area contributed by atoms with Crippen molar-refractivity contribution in [1.82, 2.24) is 0 Å². The maximum absolute atomic E-state index is 11.9. The number of ether oxygens (including phenoxy) is 3. The lowest BCUT2D eigenvalue weighted by atomic mass is 10.2. The van der Waals surface area contributed by atoms with E-state index in [-0.39, 0.29) is 0 Å². The molecule has 0 aliphatic carbocycles. The van der Waals surface area contributed by atoms with Crippen molar-refractivity contribution >= 4 is 11.6 Å². The van der Waals surface area contributed by atoms with Gasteiger partial charge in [-0.1, -0.05) is 0 Å². The van der Waals surface area contributed by atoms with Gasteiger partial charge in [-0.2, -0.15) is 0 Å². The Kier molecular flexibility index (Phi) is 5.00. The van der Waals surface area contributed by atoms with Gasteiger partial charge >= 0.3 is 0 Å². The minimum absolute atomic E-state index is 0.424. The van der Waals surface area contributed by atoms with Crippen LogP contribution in [0.15, 0.2) is 12.1 Å². The van der Waals surface area contributed by atoms with Gasteiger partial charge in [-0.05, 0) is 6.92 Å². The average Bonchev–Trinajstić information content (AvgIpc) is 2.43.